The summed E-state index contributed by atoms with van der Waals surface area (Å²) in [5.74, 6) is 1.28. The summed E-state index contributed by atoms with van der Waals surface area (Å²) in [7, 11) is 0. The van der Waals surface area contributed by atoms with Gasteiger partial charge in [0.2, 0.25) is 0 Å². The van der Waals surface area contributed by atoms with Crippen molar-refractivity contribution in [2.75, 3.05) is 5.75 Å². The standard InChI is InChI=1S/C7H15S/c1-4-5-6-8-7(2)3/h7H,2,4-6H2,1,3H3. The summed E-state index contributed by atoms with van der Waals surface area (Å²) >= 11 is 1.94. The molecule has 0 N–H and O–H groups in total. The second-order valence-corrected chi connectivity index (χ2v) is 3.58. The number of hydrogen-bond donors (Lipinski definition) is 0. The predicted octanol–water partition coefficient (Wildman–Crippen LogP) is 2.74. The first-order valence-corrected chi connectivity index (χ1v) is 4.27. The van der Waals surface area contributed by atoms with E-state index in [4.69, 9.17) is 0 Å². The maximum absolute atomic E-state index is 3.87. The molecule has 1 unspecified atom stereocenters. The van der Waals surface area contributed by atoms with E-state index < -0.39 is 0 Å². The minimum atomic E-state index is 0.571. The molecule has 0 spiro atoms. The lowest BCUT2D eigenvalue weighted by atomic mass is 10.4. The molecule has 49 valence electrons. The summed E-state index contributed by atoms with van der Waals surface area (Å²) in [6.07, 6.45) is 2.64. The third kappa shape index (κ3) is 6.35. The maximum Gasteiger partial charge on any atom is 0.00191 e. The highest BCUT2D eigenvalue weighted by atomic mass is 32.2. The monoisotopic (exact) mass is 131 g/mol. The zero-order chi connectivity index (χ0) is 6.41. The lowest BCUT2D eigenvalue weighted by Crippen LogP contribution is -1.88. The Kier molecular flexibility index (Phi) is 5.73. The van der Waals surface area contributed by atoms with E-state index in [2.05, 4.69) is 20.8 Å². The van der Waals surface area contributed by atoms with Crippen molar-refractivity contribution in [3.05, 3.63) is 6.92 Å². The Morgan fingerprint density at radius 1 is 1.62 bits per heavy atom. The number of rotatable bonds is 4. The fourth-order valence-electron chi connectivity index (χ4n) is 0.429. The second kappa shape index (κ2) is 5.49. The smallest absolute Gasteiger partial charge is 0.00191 e. The Balaban J connectivity index is 2.72. The zero-order valence-electron chi connectivity index (χ0n) is 5.81. The topological polar surface area (TPSA) is 0 Å². The number of hydrogen-bond acceptors (Lipinski definition) is 1. The van der Waals surface area contributed by atoms with E-state index in [-0.39, 0.29) is 0 Å². The molecule has 0 aromatic heterocycles. The largest absolute Gasteiger partial charge is 0.159 e. The molecule has 0 aliphatic carbocycles. The molecular formula is C7H15S. The lowest BCUT2D eigenvalue weighted by Gasteiger charge is -2.00. The fourth-order valence-corrected chi connectivity index (χ4v) is 1.29. The van der Waals surface area contributed by atoms with Crippen LogP contribution in [0.3, 0.4) is 0 Å². The Bertz CT molecular complexity index is 41.7. The summed E-state index contributed by atoms with van der Waals surface area (Å²) in [5.41, 5.74) is 0. The molecule has 0 fully saturated rings. The van der Waals surface area contributed by atoms with Crippen molar-refractivity contribution in [2.24, 2.45) is 0 Å². The molecule has 0 heterocycles. The van der Waals surface area contributed by atoms with Crippen LogP contribution >= 0.6 is 11.8 Å². The SMILES string of the molecule is [CH2]C(C)SCCCC. The van der Waals surface area contributed by atoms with Crippen molar-refractivity contribution in [1.82, 2.24) is 0 Å². The van der Waals surface area contributed by atoms with E-state index >= 15 is 0 Å². The van der Waals surface area contributed by atoms with Crippen molar-refractivity contribution in [3.63, 3.8) is 0 Å². The Morgan fingerprint density at radius 2 is 2.25 bits per heavy atom. The maximum atomic E-state index is 3.87. The number of thioether (sulfide) groups is 1. The third-order valence-corrected chi connectivity index (χ3v) is 1.99. The molecule has 0 saturated heterocycles. The highest BCUT2D eigenvalue weighted by Crippen LogP contribution is 2.10. The van der Waals surface area contributed by atoms with Gasteiger partial charge in [0.1, 0.15) is 0 Å². The average Bonchev–Trinajstić information content (AvgIpc) is 1.66. The van der Waals surface area contributed by atoms with E-state index in [0.717, 1.165) is 0 Å². The normalized spacial score (nSPS) is 10.5. The van der Waals surface area contributed by atoms with Crippen molar-refractivity contribution >= 4 is 11.8 Å². The van der Waals surface area contributed by atoms with E-state index in [1.54, 1.807) is 0 Å². The molecule has 0 saturated carbocycles. The van der Waals surface area contributed by atoms with E-state index in [1.807, 2.05) is 11.8 Å². The zero-order valence-corrected chi connectivity index (χ0v) is 6.63. The molecule has 0 aromatic rings. The Morgan fingerprint density at radius 3 is 2.62 bits per heavy atom. The summed E-state index contributed by atoms with van der Waals surface area (Å²) in [5, 5.41) is 0.571. The molecule has 1 atom stereocenters. The molecule has 1 radical (unpaired) electrons. The third-order valence-electron chi connectivity index (χ3n) is 0.900. The molecule has 0 bridgehead atoms. The molecule has 0 aliphatic heterocycles. The highest BCUT2D eigenvalue weighted by Gasteiger charge is 1.90. The first-order valence-electron chi connectivity index (χ1n) is 3.22. The van der Waals surface area contributed by atoms with Crippen LogP contribution in [-0.4, -0.2) is 11.0 Å². The highest BCUT2D eigenvalue weighted by molar-refractivity contribution is 7.99. The first kappa shape index (κ1) is 8.35. The van der Waals surface area contributed by atoms with Crippen LogP contribution in [0.2, 0.25) is 0 Å². The van der Waals surface area contributed by atoms with Gasteiger partial charge in [-0.1, -0.05) is 20.3 Å². The van der Waals surface area contributed by atoms with Gasteiger partial charge < -0.3 is 0 Å². The first-order chi connectivity index (χ1) is 3.77. The van der Waals surface area contributed by atoms with Gasteiger partial charge in [-0.2, -0.15) is 11.8 Å². The quantitative estimate of drug-likeness (QED) is 0.529. The molecule has 0 rings (SSSR count). The van der Waals surface area contributed by atoms with Crippen LogP contribution in [0.4, 0.5) is 0 Å². The van der Waals surface area contributed by atoms with Gasteiger partial charge in [0, 0.05) is 5.25 Å². The van der Waals surface area contributed by atoms with Crippen LogP contribution in [0, 0.1) is 6.92 Å². The van der Waals surface area contributed by atoms with E-state index in [0.29, 0.717) is 5.25 Å². The van der Waals surface area contributed by atoms with Crippen LogP contribution in [0.5, 0.6) is 0 Å². The van der Waals surface area contributed by atoms with Crippen molar-refractivity contribution in [2.45, 2.75) is 31.9 Å². The fraction of sp³-hybridized carbons (Fsp3) is 0.857. The Hall–Kier alpha value is 0.350. The summed E-state index contributed by atoms with van der Waals surface area (Å²) in [6, 6.07) is 0. The van der Waals surface area contributed by atoms with Crippen LogP contribution in [0.25, 0.3) is 0 Å². The van der Waals surface area contributed by atoms with Gasteiger partial charge in [0.05, 0.1) is 0 Å². The summed E-state index contributed by atoms with van der Waals surface area (Å²) in [6.45, 7) is 8.23. The van der Waals surface area contributed by atoms with Crippen molar-refractivity contribution in [3.8, 4) is 0 Å². The van der Waals surface area contributed by atoms with Crippen molar-refractivity contribution < 1.29 is 0 Å². The summed E-state index contributed by atoms with van der Waals surface area (Å²) < 4.78 is 0. The van der Waals surface area contributed by atoms with Gasteiger partial charge in [-0.15, -0.1) is 0 Å². The summed E-state index contributed by atoms with van der Waals surface area (Å²) in [4.78, 5) is 0. The molecule has 1 heteroatoms. The molecule has 0 amide bonds. The van der Waals surface area contributed by atoms with E-state index in [1.165, 1.54) is 18.6 Å². The van der Waals surface area contributed by atoms with Crippen LogP contribution < -0.4 is 0 Å². The van der Waals surface area contributed by atoms with Gasteiger partial charge in [0.15, 0.2) is 0 Å². The van der Waals surface area contributed by atoms with Crippen LogP contribution in [-0.2, 0) is 0 Å². The lowest BCUT2D eigenvalue weighted by molar-refractivity contribution is 0.894. The van der Waals surface area contributed by atoms with Gasteiger partial charge in [-0.3, -0.25) is 0 Å². The molecule has 0 aliphatic rings. The molecular weight excluding hydrogens is 116 g/mol. The average molecular weight is 131 g/mol. The van der Waals surface area contributed by atoms with Gasteiger partial charge >= 0.3 is 0 Å². The molecule has 0 nitrogen and oxygen atoms in total. The van der Waals surface area contributed by atoms with Crippen LogP contribution in [0.15, 0.2) is 0 Å². The minimum Gasteiger partial charge on any atom is -0.159 e. The van der Waals surface area contributed by atoms with Gasteiger partial charge in [-0.05, 0) is 19.1 Å². The second-order valence-electron chi connectivity index (χ2n) is 2.03. The molecule has 0 aromatic carbocycles. The molecule has 8 heavy (non-hydrogen) atoms. The predicted molar refractivity (Wildman–Crippen MR) is 42.2 cm³/mol. The van der Waals surface area contributed by atoms with Gasteiger partial charge in [-0.25, -0.2) is 0 Å². The Labute approximate surface area is 57.1 Å². The minimum absolute atomic E-state index is 0.571. The van der Waals surface area contributed by atoms with Gasteiger partial charge in [0.25, 0.3) is 0 Å². The van der Waals surface area contributed by atoms with Crippen molar-refractivity contribution in [1.29, 1.82) is 0 Å². The van der Waals surface area contributed by atoms with E-state index in [9.17, 15) is 0 Å². The van der Waals surface area contributed by atoms with Crippen LogP contribution in [0.1, 0.15) is 26.7 Å². The number of unbranched alkanes of at least 4 members (excludes halogenated alkanes) is 1.